The molecule has 0 spiro atoms. The lowest BCUT2D eigenvalue weighted by Crippen LogP contribution is -2.45. The SMILES string of the molecule is COc1cc([C@H](C2CC2)N2CCNCC2)ccc1O. The third-order valence-corrected chi connectivity index (χ3v) is 4.16. The van der Waals surface area contributed by atoms with Crippen LogP contribution in [-0.4, -0.2) is 43.3 Å². The number of ether oxygens (including phenoxy) is 1. The van der Waals surface area contributed by atoms with Gasteiger partial charge in [-0.1, -0.05) is 6.07 Å². The highest BCUT2D eigenvalue weighted by Gasteiger charge is 2.36. The van der Waals surface area contributed by atoms with E-state index in [0.29, 0.717) is 11.8 Å². The lowest BCUT2D eigenvalue weighted by Gasteiger charge is -2.35. The number of benzene rings is 1. The van der Waals surface area contributed by atoms with Crippen LogP contribution >= 0.6 is 0 Å². The van der Waals surface area contributed by atoms with E-state index in [1.807, 2.05) is 12.1 Å². The number of phenols is 1. The molecule has 2 aliphatic rings. The molecular weight excluding hydrogens is 240 g/mol. The van der Waals surface area contributed by atoms with Crippen LogP contribution in [0.2, 0.25) is 0 Å². The monoisotopic (exact) mass is 262 g/mol. The molecule has 0 bridgehead atoms. The van der Waals surface area contributed by atoms with E-state index in [-0.39, 0.29) is 5.75 Å². The minimum absolute atomic E-state index is 0.223. The summed E-state index contributed by atoms with van der Waals surface area (Å²) in [5, 5.41) is 13.1. The van der Waals surface area contributed by atoms with Crippen molar-refractivity contribution in [3.05, 3.63) is 23.8 Å². The summed E-state index contributed by atoms with van der Waals surface area (Å²) in [6.45, 7) is 4.34. The molecule has 0 amide bonds. The van der Waals surface area contributed by atoms with Gasteiger partial charge in [0, 0.05) is 32.2 Å². The zero-order chi connectivity index (χ0) is 13.2. The minimum Gasteiger partial charge on any atom is -0.504 e. The lowest BCUT2D eigenvalue weighted by atomic mass is 9.99. The molecule has 0 unspecified atom stereocenters. The van der Waals surface area contributed by atoms with Crippen LogP contribution in [0.4, 0.5) is 0 Å². The molecule has 4 heteroatoms. The van der Waals surface area contributed by atoms with Gasteiger partial charge in [0.2, 0.25) is 0 Å². The van der Waals surface area contributed by atoms with Crippen LogP contribution in [0.15, 0.2) is 18.2 Å². The number of nitrogens with zero attached hydrogens (tertiary/aromatic N) is 1. The van der Waals surface area contributed by atoms with Crippen LogP contribution in [0.5, 0.6) is 11.5 Å². The number of methoxy groups -OCH3 is 1. The van der Waals surface area contributed by atoms with Gasteiger partial charge in [0.05, 0.1) is 7.11 Å². The van der Waals surface area contributed by atoms with Crippen LogP contribution in [0.1, 0.15) is 24.4 Å². The van der Waals surface area contributed by atoms with Gasteiger partial charge in [0.1, 0.15) is 0 Å². The second-order valence-corrected chi connectivity index (χ2v) is 5.50. The highest BCUT2D eigenvalue weighted by atomic mass is 16.5. The summed E-state index contributed by atoms with van der Waals surface area (Å²) < 4.78 is 5.24. The first-order valence-corrected chi connectivity index (χ1v) is 7.11. The summed E-state index contributed by atoms with van der Waals surface area (Å²) in [6, 6.07) is 6.28. The first-order chi connectivity index (χ1) is 9.29. The highest BCUT2D eigenvalue weighted by Crippen LogP contribution is 2.45. The maximum Gasteiger partial charge on any atom is 0.160 e. The van der Waals surface area contributed by atoms with Gasteiger partial charge in [-0.15, -0.1) is 0 Å². The Kier molecular flexibility index (Phi) is 3.62. The van der Waals surface area contributed by atoms with Crippen molar-refractivity contribution in [3.8, 4) is 11.5 Å². The van der Waals surface area contributed by atoms with Gasteiger partial charge in [-0.3, -0.25) is 4.90 Å². The molecule has 3 rings (SSSR count). The summed E-state index contributed by atoms with van der Waals surface area (Å²) in [5.74, 6) is 1.58. The average Bonchev–Trinajstić information content (AvgIpc) is 3.27. The summed E-state index contributed by atoms with van der Waals surface area (Å²) in [5.41, 5.74) is 1.28. The number of phenolic OH excluding ortho intramolecular Hbond substituents is 1. The van der Waals surface area contributed by atoms with E-state index in [1.165, 1.54) is 18.4 Å². The van der Waals surface area contributed by atoms with E-state index < -0.39 is 0 Å². The van der Waals surface area contributed by atoms with E-state index >= 15 is 0 Å². The Labute approximate surface area is 114 Å². The van der Waals surface area contributed by atoms with E-state index in [0.717, 1.165) is 32.1 Å². The normalized spacial score (nSPS) is 22.2. The fourth-order valence-electron chi connectivity index (χ4n) is 3.03. The molecule has 104 valence electrons. The molecule has 1 aromatic rings. The van der Waals surface area contributed by atoms with E-state index in [1.54, 1.807) is 13.2 Å². The zero-order valence-electron chi connectivity index (χ0n) is 11.4. The summed E-state index contributed by atoms with van der Waals surface area (Å²) in [6.07, 6.45) is 2.63. The van der Waals surface area contributed by atoms with Crippen LogP contribution < -0.4 is 10.1 Å². The van der Waals surface area contributed by atoms with Crippen molar-refractivity contribution in [1.29, 1.82) is 0 Å². The molecule has 2 N–H and O–H groups in total. The fraction of sp³-hybridized carbons (Fsp3) is 0.600. The maximum atomic E-state index is 9.73. The third kappa shape index (κ3) is 2.69. The summed E-state index contributed by atoms with van der Waals surface area (Å²) >= 11 is 0. The molecule has 1 saturated heterocycles. The van der Waals surface area contributed by atoms with Crippen molar-refractivity contribution < 1.29 is 9.84 Å². The molecule has 0 aromatic heterocycles. The molecule has 1 heterocycles. The molecule has 2 fully saturated rings. The lowest BCUT2D eigenvalue weighted by molar-refractivity contribution is 0.156. The average molecular weight is 262 g/mol. The molecule has 4 nitrogen and oxygen atoms in total. The van der Waals surface area contributed by atoms with Crippen LogP contribution in [-0.2, 0) is 0 Å². The highest BCUT2D eigenvalue weighted by molar-refractivity contribution is 5.43. The Bertz CT molecular complexity index is 440. The molecule has 19 heavy (non-hydrogen) atoms. The van der Waals surface area contributed by atoms with Gasteiger partial charge >= 0.3 is 0 Å². The first kappa shape index (κ1) is 12.8. The Balaban J connectivity index is 1.86. The maximum absolute atomic E-state index is 9.73. The Hall–Kier alpha value is -1.26. The van der Waals surface area contributed by atoms with Gasteiger partial charge in [-0.25, -0.2) is 0 Å². The standard InChI is InChI=1S/C15H22N2O2/c1-19-14-10-12(4-5-13(14)18)15(11-2-3-11)17-8-6-16-7-9-17/h4-5,10-11,15-16,18H,2-3,6-9H2,1H3/t15-/m0/s1. The molecule has 1 atom stereocenters. The molecular formula is C15H22N2O2. The van der Waals surface area contributed by atoms with E-state index in [4.69, 9.17) is 4.74 Å². The largest absolute Gasteiger partial charge is 0.504 e. The van der Waals surface area contributed by atoms with Crippen molar-refractivity contribution in [2.45, 2.75) is 18.9 Å². The van der Waals surface area contributed by atoms with Gasteiger partial charge in [-0.05, 0) is 36.5 Å². The fourth-order valence-corrected chi connectivity index (χ4v) is 3.03. The minimum atomic E-state index is 0.223. The number of piperazine rings is 1. The quantitative estimate of drug-likeness (QED) is 0.868. The third-order valence-electron chi connectivity index (χ3n) is 4.16. The number of hydrogen-bond donors (Lipinski definition) is 2. The Morgan fingerprint density at radius 2 is 2.05 bits per heavy atom. The van der Waals surface area contributed by atoms with Gasteiger partial charge in [-0.2, -0.15) is 0 Å². The molecule has 1 saturated carbocycles. The Morgan fingerprint density at radius 1 is 1.32 bits per heavy atom. The van der Waals surface area contributed by atoms with Crippen molar-refractivity contribution in [2.75, 3.05) is 33.3 Å². The van der Waals surface area contributed by atoms with Gasteiger partial charge < -0.3 is 15.2 Å². The molecule has 1 aromatic carbocycles. The van der Waals surface area contributed by atoms with Gasteiger partial charge in [0.15, 0.2) is 11.5 Å². The summed E-state index contributed by atoms with van der Waals surface area (Å²) in [4.78, 5) is 2.57. The molecule has 1 aliphatic carbocycles. The second kappa shape index (κ2) is 5.39. The molecule has 1 aliphatic heterocycles. The Morgan fingerprint density at radius 3 is 2.68 bits per heavy atom. The van der Waals surface area contributed by atoms with Crippen molar-refractivity contribution >= 4 is 0 Å². The van der Waals surface area contributed by atoms with Crippen molar-refractivity contribution in [3.63, 3.8) is 0 Å². The predicted molar refractivity (Wildman–Crippen MR) is 74.6 cm³/mol. The number of hydrogen-bond acceptors (Lipinski definition) is 4. The van der Waals surface area contributed by atoms with Crippen molar-refractivity contribution in [1.82, 2.24) is 10.2 Å². The van der Waals surface area contributed by atoms with Crippen LogP contribution in [0.3, 0.4) is 0 Å². The topological polar surface area (TPSA) is 44.7 Å². The predicted octanol–water partition coefficient (Wildman–Crippen LogP) is 1.76. The number of nitrogens with one attached hydrogen (secondary N) is 1. The molecule has 0 radical (unpaired) electrons. The van der Waals surface area contributed by atoms with Crippen molar-refractivity contribution in [2.24, 2.45) is 5.92 Å². The van der Waals surface area contributed by atoms with Crippen LogP contribution in [0.25, 0.3) is 0 Å². The van der Waals surface area contributed by atoms with Gasteiger partial charge in [0.25, 0.3) is 0 Å². The first-order valence-electron chi connectivity index (χ1n) is 7.11. The zero-order valence-corrected chi connectivity index (χ0v) is 11.4. The number of rotatable bonds is 4. The van der Waals surface area contributed by atoms with E-state index in [9.17, 15) is 5.11 Å². The van der Waals surface area contributed by atoms with Crippen LogP contribution in [0, 0.1) is 5.92 Å². The number of aromatic hydroxyl groups is 1. The van der Waals surface area contributed by atoms with E-state index in [2.05, 4.69) is 10.2 Å². The smallest absolute Gasteiger partial charge is 0.160 e. The summed E-state index contributed by atoms with van der Waals surface area (Å²) in [7, 11) is 1.61. The second-order valence-electron chi connectivity index (χ2n) is 5.50.